The van der Waals surface area contributed by atoms with Gasteiger partial charge in [-0.1, -0.05) is 304 Å². The number of allylic oxidation sites excluding steroid dienone is 18. The van der Waals surface area contributed by atoms with E-state index in [-0.39, 0.29) is 25.7 Å². The van der Waals surface area contributed by atoms with Crippen molar-refractivity contribution in [2.75, 3.05) is 39.6 Å². The van der Waals surface area contributed by atoms with Crippen LogP contribution in [0, 0.1) is 0 Å². The summed E-state index contributed by atoms with van der Waals surface area (Å²) < 4.78 is 68.6. The van der Waals surface area contributed by atoms with Crippen LogP contribution in [0.5, 0.6) is 0 Å². The van der Waals surface area contributed by atoms with Gasteiger partial charge in [-0.05, 0) is 128 Å². The first kappa shape index (κ1) is 99.7. The topological polar surface area (TPSA) is 237 Å². The zero-order valence-electron chi connectivity index (χ0n) is 65.7. The molecule has 0 aliphatic rings. The second-order valence-electron chi connectivity index (χ2n) is 27.4. The van der Waals surface area contributed by atoms with Crippen LogP contribution in [-0.2, 0) is 65.4 Å². The van der Waals surface area contributed by atoms with E-state index < -0.39 is 97.5 Å². The van der Waals surface area contributed by atoms with E-state index in [9.17, 15) is 43.2 Å². The number of carbonyl (C=O) groups excluding carboxylic acids is 4. The molecule has 0 heterocycles. The first-order valence-corrected chi connectivity index (χ1v) is 44.1. The highest BCUT2D eigenvalue weighted by molar-refractivity contribution is 7.47. The number of esters is 4. The van der Waals surface area contributed by atoms with Crippen LogP contribution in [0.3, 0.4) is 0 Å². The lowest BCUT2D eigenvalue weighted by atomic mass is 10.0. The molecule has 0 fully saturated rings. The minimum absolute atomic E-state index is 0.0324. The second-order valence-corrected chi connectivity index (χ2v) is 30.3. The molecule has 0 bridgehead atoms. The van der Waals surface area contributed by atoms with Crippen molar-refractivity contribution < 1.29 is 80.2 Å². The largest absolute Gasteiger partial charge is 0.472 e. The number of aliphatic hydroxyl groups excluding tert-OH is 1. The lowest BCUT2D eigenvalue weighted by Crippen LogP contribution is -2.30. The average molecular weight is 1500 g/mol. The van der Waals surface area contributed by atoms with Crippen molar-refractivity contribution in [1.29, 1.82) is 0 Å². The molecule has 0 aliphatic carbocycles. The number of unbranched alkanes of at least 4 members (excludes halogenated alkanes) is 33. The smallest absolute Gasteiger partial charge is 0.462 e. The van der Waals surface area contributed by atoms with Gasteiger partial charge in [0.2, 0.25) is 0 Å². The van der Waals surface area contributed by atoms with E-state index in [0.717, 1.165) is 135 Å². The van der Waals surface area contributed by atoms with E-state index in [1.165, 1.54) is 128 Å². The van der Waals surface area contributed by atoms with E-state index in [1.807, 2.05) is 18.2 Å². The van der Waals surface area contributed by atoms with Crippen LogP contribution in [0.25, 0.3) is 0 Å². The molecule has 0 aliphatic heterocycles. The minimum atomic E-state index is -5.00. The number of hydrogen-bond acceptors (Lipinski definition) is 15. The van der Waals surface area contributed by atoms with E-state index in [1.54, 1.807) is 0 Å². The van der Waals surface area contributed by atoms with Gasteiger partial charge in [0.15, 0.2) is 12.2 Å². The van der Waals surface area contributed by atoms with Crippen molar-refractivity contribution in [3.8, 4) is 0 Å². The van der Waals surface area contributed by atoms with Crippen molar-refractivity contribution >= 4 is 39.5 Å². The second kappa shape index (κ2) is 76.9. The third-order valence-electron chi connectivity index (χ3n) is 17.2. The summed E-state index contributed by atoms with van der Waals surface area (Å²) in [4.78, 5) is 73.0. The van der Waals surface area contributed by atoms with Crippen molar-refractivity contribution in [3.05, 3.63) is 109 Å². The number of aliphatic hydroxyl groups is 1. The zero-order valence-corrected chi connectivity index (χ0v) is 67.5. The van der Waals surface area contributed by atoms with Crippen LogP contribution in [0.4, 0.5) is 0 Å². The van der Waals surface area contributed by atoms with Crippen molar-refractivity contribution in [2.45, 2.75) is 367 Å². The van der Waals surface area contributed by atoms with Gasteiger partial charge < -0.3 is 33.8 Å². The Labute approximate surface area is 632 Å². The van der Waals surface area contributed by atoms with Gasteiger partial charge in [-0.2, -0.15) is 0 Å². The van der Waals surface area contributed by atoms with Gasteiger partial charge in [-0.25, -0.2) is 9.13 Å². The number of phosphoric ester groups is 2. The highest BCUT2D eigenvalue weighted by Gasteiger charge is 2.30. The fourth-order valence-corrected chi connectivity index (χ4v) is 12.5. The summed E-state index contributed by atoms with van der Waals surface area (Å²) in [6.07, 6.45) is 83.6. The third-order valence-corrected chi connectivity index (χ3v) is 19.1. The van der Waals surface area contributed by atoms with Gasteiger partial charge in [-0.15, -0.1) is 0 Å². The molecule has 0 amide bonds. The van der Waals surface area contributed by atoms with Crippen molar-refractivity contribution in [3.63, 3.8) is 0 Å². The van der Waals surface area contributed by atoms with Crippen molar-refractivity contribution in [1.82, 2.24) is 0 Å². The summed E-state index contributed by atoms with van der Waals surface area (Å²) in [6, 6.07) is 0. The van der Waals surface area contributed by atoms with Gasteiger partial charge >= 0.3 is 39.5 Å². The summed E-state index contributed by atoms with van der Waals surface area (Å²) >= 11 is 0. The van der Waals surface area contributed by atoms with Gasteiger partial charge in [0.1, 0.15) is 19.3 Å². The van der Waals surface area contributed by atoms with Gasteiger partial charge in [0.25, 0.3) is 0 Å². The van der Waals surface area contributed by atoms with Gasteiger partial charge in [0.05, 0.1) is 26.4 Å². The Bertz CT molecular complexity index is 2390. The molecule has 17 nitrogen and oxygen atoms in total. The molecule has 0 saturated carbocycles. The Kier molecular flexibility index (Phi) is 73.7. The lowest BCUT2D eigenvalue weighted by molar-refractivity contribution is -0.161. The summed E-state index contributed by atoms with van der Waals surface area (Å²) in [6.45, 7) is 4.72. The van der Waals surface area contributed by atoms with Crippen LogP contribution in [0.1, 0.15) is 349 Å². The molecule has 0 spiro atoms. The fourth-order valence-electron chi connectivity index (χ4n) is 10.9. The average Bonchev–Trinajstić information content (AvgIpc) is 0.943. The van der Waals surface area contributed by atoms with Crippen molar-refractivity contribution in [2.24, 2.45) is 0 Å². The normalized spacial score (nSPS) is 14.4. The third kappa shape index (κ3) is 75.9. The zero-order chi connectivity index (χ0) is 76.0. The van der Waals surface area contributed by atoms with E-state index >= 15 is 0 Å². The molecule has 5 atom stereocenters. The molecule has 0 saturated heterocycles. The molecule has 0 aromatic carbocycles. The predicted molar refractivity (Wildman–Crippen MR) is 427 cm³/mol. The Morgan fingerprint density at radius 3 is 0.798 bits per heavy atom. The summed E-state index contributed by atoms with van der Waals surface area (Å²) in [5.74, 6) is -2.29. The summed E-state index contributed by atoms with van der Waals surface area (Å²) in [5.41, 5.74) is 0. The molecule has 3 N–H and O–H groups in total. The molecule has 19 heteroatoms. The molecule has 104 heavy (non-hydrogen) atoms. The maximum atomic E-state index is 13.1. The molecular weight excluding hydrogens is 1350 g/mol. The monoisotopic (exact) mass is 1500 g/mol. The van der Waals surface area contributed by atoms with Crippen LogP contribution in [0.2, 0.25) is 0 Å². The highest BCUT2D eigenvalue weighted by Crippen LogP contribution is 2.45. The Hall–Kier alpha value is -4.28. The highest BCUT2D eigenvalue weighted by atomic mass is 31.2. The molecule has 0 radical (unpaired) electrons. The molecule has 0 aromatic heterocycles. The maximum absolute atomic E-state index is 13.1. The standard InChI is InChI=1S/C85H148O17P2/c1-5-9-13-17-21-25-29-33-37-38-39-40-44-48-52-56-60-64-68-72-85(90)102-81(76-96-83(88)70-66-62-58-54-50-46-42-35-31-27-23-19-15-11-7-3)78-100-104(93,94)98-74-79(86)73-97-103(91,92)99-77-80(101-84(89)71-67-63-59-55-51-47-43-36-32-28-24-20-16-12-8-4)75-95-82(87)69-65-61-57-53-49-45-41-34-30-26-22-18-14-10-6-2/h21,23-25,27-28,33,35-37,39-40,42-43,48,52,60,64,79-81,86H,5-20,22,26,29-32,34,38,41,44-47,49-51,53-59,61-63,65-78H2,1-4H3,(H,91,92)(H,93,94)/b25-21-,27-23-,28-24-,37-33-,40-39-,42-35-,43-36-,52-48-,64-60-/t79-,80+,81+/m0/s1. The van der Waals surface area contributed by atoms with Crippen LogP contribution < -0.4 is 0 Å². The number of ether oxygens (including phenoxy) is 4. The quantitative estimate of drug-likeness (QED) is 0.0169. The van der Waals surface area contributed by atoms with Crippen LogP contribution in [0.15, 0.2) is 109 Å². The number of hydrogen-bond donors (Lipinski definition) is 3. The van der Waals surface area contributed by atoms with E-state index in [0.29, 0.717) is 32.1 Å². The van der Waals surface area contributed by atoms with E-state index in [2.05, 4.69) is 119 Å². The van der Waals surface area contributed by atoms with Crippen LogP contribution in [-0.4, -0.2) is 96.7 Å². The maximum Gasteiger partial charge on any atom is 0.472 e. The first-order chi connectivity index (χ1) is 50.7. The molecule has 2 unspecified atom stereocenters. The Morgan fingerprint density at radius 2 is 0.490 bits per heavy atom. The SMILES string of the molecule is CCCCC/C=C\C/C=C\C/C=C\C/C=C\C/C=C\CCC(=O)O[C@H](COC(=O)CCCCCCC/C=C\C/C=C\CCCCC)COP(=O)(O)OC[C@@H](O)COP(=O)(O)OC[C@@H](COC(=O)CCCCCCCCCCCCCCCCC)OC(=O)CCCCCCC/C=C\C/C=C\CCCCC. The predicted octanol–water partition coefficient (Wildman–Crippen LogP) is 24.1. The van der Waals surface area contributed by atoms with E-state index in [4.69, 9.17) is 37.0 Å². The summed E-state index contributed by atoms with van der Waals surface area (Å²) in [5, 5.41) is 10.6. The first-order valence-electron chi connectivity index (χ1n) is 41.1. The summed E-state index contributed by atoms with van der Waals surface area (Å²) in [7, 11) is -9.99. The minimum Gasteiger partial charge on any atom is -0.462 e. The Balaban J connectivity index is 5.44. The number of phosphoric acid groups is 2. The molecule has 600 valence electrons. The molecular formula is C85H148O17P2. The van der Waals surface area contributed by atoms with Gasteiger partial charge in [-0.3, -0.25) is 37.3 Å². The van der Waals surface area contributed by atoms with Gasteiger partial charge in [0, 0.05) is 25.7 Å². The molecule has 0 aromatic rings. The molecule has 0 rings (SSSR count). The fraction of sp³-hybridized carbons (Fsp3) is 0.741. The lowest BCUT2D eigenvalue weighted by Gasteiger charge is -2.21. The Morgan fingerprint density at radius 1 is 0.269 bits per heavy atom. The number of rotatable bonds is 77. The van der Waals surface area contributed by atoms with Crippen LogP contribution >= 0.6 is 15.6 Å². The number of carbonyl (C=O) groups is 4.